The maximum atomic E-state index is 13.0. The molecule has 1 aromatic heterocycles. The molecule has 5 heteroatoms. The number of rotatable bonds is 4. The van der Waals surface area contributed by atoms with Crippen LogP contribution in [0.4, 0.5) is 0 Å². The lowest BCUT2D eigenvalue weighted by Gasteiger charge is -2.26. The molecular weight excluding hydrogens is 368 g/mol. The van der Waals surface area contributed by atoms with Crippen LogP contribution in [-0.4, -0.2) is 30.4 Å². The predicted octanol–water partition coefficient (Wildman–Crippen LogP) is 4.78. The van der Waals surface area contributed by atoms with E-state index in [2.05, 4.69) is 42.8 Å². The van der Waals surface area contributed by atoms with Crippen molar-refractivity contribution in [3.05, 3.63) is 71.9 Å². The molecule has 0 saturated heterocycles. The number of nitrogens with zero attached hydrogens (tertiary/aromatic N) is 2. The molecule has 146 valence electrons. The zero-order chi connectivity index (χ0) is 19.9. The molecule has 0 fully saturated rings. The van der Waals surface area contributed by atoms with Crippen molar-refractivity contribution in [2.75, 3.05) is 13.1 Å². The molecule has 2 aromatic carbocycles. The molecule has 0 atom stereocenters. The molecule has 2 heterocycles. The molecule has 4 nitrogen and oxygen atoms in total. The van der Waals surface area contributed by atoms with E-state index in [-0.39, 0.29) is 0 Å². The number of aryl methyl sites for hydroxylation is 1. The lowest BCUT2D eigenvalue weighted by atomic mass is 10.00. The number of hydrogen-bond donors (Lipinski definition) is 0. The Morgan fingerprint density at radius 3 is 2.36 bits per heavy atom. The second kappa shape index (κ2) is 7.22. The Morgan fingerprint density at radius 2 is 1.71 bits per heavy atom. The van der Waals surface area contributed by atoms with Gasteiger partial charge in [-0.1, -0.05) is 50.3 Å². The number of para-hydroxylation sites is 1. The van der Waals surface area contributed by atoms with Gasteiger partial charge in [0.05, 0.1) is 4.90 Å². The summed E-state index contributed by atoms with van der Waals surface area (Å²) in [6, 6.07) is 15.6. The second-order valence-corrected chi connectivity index (χ2v) is 9.67. The quantitative estimate of drug-likeness (QED) is 0.639. The highest BCUT2D eigenvalue weighted by Gasteiger charge is 2.27. The third-order valence-corrected chi connectivity index (χ3v) is 7.48. The number of hydrogen-bond acceptors (Lipinski definition) is 2. The van der Waals surface area contributed by atoms with Crippen molar-refractivity contribution in [1.82, 2.24) is 8.87 Å². The van der Waals surface area contributed by atoms with Gasteiger partial charge in [0.1, 0.15) is 0 Å². The first-order valence-electron chi connectivity index (χ1n) is 9.71. The van der Waals surface area contributed by atoms with Gasteiger partial charge in [-0.2, -0.15) is 4.31 Å². The van der Waals surface area contributed by atoms with E-state index in [1.54, 1.807) is 16.4 Å². The summed E-state index contributed by atoms with van der Waals surface area (Å²) in [5.41, 5.74) is 4.77. The molecule has 28 heavy (non-hydrogen) atoms. The molecule has 0 spiro atoms. The minimum Gasteiger partial charge on any atom is -0.350 e. The average Bonchev–Trinajstić information content (AvgIpc) is 3.05. The summed E-state index contributed by atoms with van der Waals surface area (Å²) >= 11 is 0. The van der Waals surface area contributed by atoms with Gasteiger partial charge in [-0.05, 0) is 41.7 Å². The third kappa shape index (κ3) is 3.29. The van der Waals surface area contributed by atoms with Crippen LogP contribution in [0.25, 0.3) is 16.5 Å². The first-order valence-corrected chi connectivity index (χ1v) is 11.2. The van der Waals surface area contributed by atoms with Crippen molar-refractivity contribution < 1.29 is 8.42 Å². The Labute approximate surface area is 167 Å². The highest BCUT2D eigenvalue weighted by molar-refractivity contribution is 7.89. The highest BCUT2D eigenvalue weighted by atomic mass is 32.2. The number of fused-ring (bicyclic) bond motifs is 1. The van der Waals surface area contributed by atoms with Gasteiger partial charge in [0.15, 0.2) is 0 Å². The van der Waals surface area contributed by atoms with Gasteiger partial charge in [-0.3, -0.25) is 0 Å². The van der Waals surface area contributed by atoms with Gasteiger partial charge in [-0.15, -0.1) is 0 Å². The van der Waals surface area contributed by atoms with Crippen molar-refractivity contribution in [1.29, 1.82) is 0 Å². The largest absolute Gasteiger partial charge is 0.350 e. The van der Waals surface area contributed by atoms with E-state index in [9.17, 15) is 8.42 Å². The monoisotopic (exact) mass is 394 g/mol. The molecule has 0 radical (unpaired) electrons. The van der Waals surface area contributed by atoms with Gasteiger partial charge in [0, 0.05) is 42.8 Å². The summed E-state index contributed by atoms with van der Waals surface area (Å²) < 4.78 is 29.7. The van der Waals surface area contributed by atoms with E-state index in [0.717, 1.165) is 12.0 Å². The van der Waals surface area contributed by atoms with Crippen molar-refractivity contribution in [3.63, 3.8) is 0 Å². The van der Waals surface area contributed by atoms with Gasteiger partial charge < -0.3 is 4.57 Å². The van der Waals surface area contributed by atoms with Gasteiger partial charge in [0.2, 0.25) is 10.0 Å². The molecule has 3 aromatic rings. The smallest absolute Gasteiger partial charge is 0.243 e. The molecule has 0 N–H and O–H groups in total. The fraction of sp³-hybridized carbons (Fsp3) is 0.304. The Hall–Kier alpha value is -2.37. The van der Waals surface area contributed by atoms with Gasteiger partial charge >= 0.3 is 0 Å². The third-order valence-electron chi connectivity index (χ3n) is 5.60. The minimum absolute atomic E-state index is 0.374. The second-order valence-electron chi connectivity index (χ2n) is 7.74. The topological polar surface area (TPSA) is 42.3 Å². The molecule has 4 rings (SSSR count). The summed E-state index contributed by atoms with van der Waals surface area (Å²) in [5, 5.41) is 1.22. The minimum atomic E-state index is -3.46. The van der Waals surface area contributed by atoms with Crippen LogP contribution in [0, 0.1) is 0 Å². The zero-order valence-electron chi connectivity index (χ0n) is 16.6. The zero-order valence-corrected chi connectivity index (χ0v) is 17.4. The van der Waals surface area contributed by atoms with Gasteiger partial charge in [0.25, 0.3) is 0 Å². The van der Waals surface area contributed by atoms with E-state index >= 15 is 0 Å². The fourth-order valence-electron chi connectivity index (χ4n) is 3.88. The average molecular weight is 395 g/mol. The van der Waals surface area contributed by atoms with Crippen molar-refractivity contribution in [3.8, 4) is 0 Å². The maximum absolute atomic E-state index is 13.0. The Morgan fingerprint density at radius 1 is 1.00 bits per heavy atom. The lowest BCUT2D eigenvalue weighted by Crippen LogP contribution is -2.34. The fourth-order valence-corrected chi connectivity index (χ4v) is 5.27. The van der Waals surface area contributed by atoms with E-state index < -0.39 is 10.0 Å². The number of sulfonamides is 1. The maximum Gasteiger partial charge on any atom is 0.243 e. The van der Waals surface area contributed by atoms with E-state index in [0.29, 0.717) is 23.9 Å². The van der Waals surface area contributed by atoms with Crippen molar-refractivity contribution in [2.24, 2.45) is 7.05 Å². The molecule has 0 saturated carbocycles. The number of benzene rings is 2. The Kier molecular flexibility index (Phi) is 4.89. The lowest BCUT2D eigenvalue weighted by molar-refractivity contribution is 0.441. The summed E-state index contributed by atoms with van der Waals surface area (Å²) in [6.45, 7) is 5.12. The Balaban J connectivity index is 1.59. The van der Waals surface area contributed by atoms with Crippen LogP contribution < -0.4 is 0 Å². The summed E-state index contributed by atoms with van der Waals surface area (Å²) in [5.74, 6) is 0.387. The summed E-state index contributed by atoms with van der Waals surface area (Å²) in [6.07, 6.45) is 4.92. The van der Waals surface area contributed by atoms with Crippen LogP contribution in [0.1, 0.15) is 37.3 Å². The van der Waals surface area contributed by atoms with Crippen LogP contribution >= 0.6 is 0 Å². The SMILES string of the molecule is CC(C)c1ccc(S(=O)(=O)N2CC=C(c3cn(C)c4ccccc34)CC2)cc1. The van der Waals surface area contributed by atoms with Crippen LogP contribution in [0.15, 0.2) is 65.7 Å². The van der Waals surface area contributed by atoms with Crippen LogP contribution in [0.2, 0.25) is 0 Å². The molecule has 1 aliphatic rings. The van der Waals surface area contributed by atoms with Crippen LogP contribution in [0.3, 0.4) is 0 Å². The van der Waals surface area contributed by atoms with Crippen molar-refractivity contribution in [2.45, 2.75) is 31.1 Å². The van der Waals surface area contributed by atoms with Crippen LogP contribution in [-0.2, 0) is 17.1 Å². The first-order chi connectivity index (χ1) is 13.4. The van der Waals surface area contributed by atoms with E-state index in [1.807, 2.05) is 31.3 Å². The molecule has 0 bridgehead atoms. The molecular formula is C23H26N2O2S. The van der Waals surface area contributed by atoms with Crippen LogP contribution in [0.5, 0.6) is 0 Å². The van der Waals surface area contributed by atoms with E-state index in [1.165, 1.54) is 22.0 Å². The highest BCUT2D eigenvalue weighted by Crippen LogP contribution is 2.32. The molecule has 0 aliphatic carbocycles. The Bertz CT molecular complexity index is 1140. The van der Waals surface area contributed by atoms with Crippen molar-refractivity contribution >= 4 is 26.5 Å². The summed E-state index contributed by atoms with van der Waals surface area (Å²) in [7, 11) is -1.42. The normalized spacial score (nSPS) is 15.9. The molecule has 1 aliphatic heterocycles. The van der Waals surface area contributed by atoms with E-state index in [4.69, 9.17) is 0 Å². The molecule has 0 amide bonds. The number of aromatic nitrogens is 1. The molecule has 0 unspecified atom stereocenters. The predicted molar refractivity (Wildman–Crippen MR) is 115 cm³/mol. The van der Waals surface area contributed by atoms with Gasteiger partial charge in [-0.25, -0.2) is 8.42 Å². The summed E-state index contributed by atoms with van der Waals surface area (Å²) in [4.78, 5) is 0.374. The standard InChI is InChI=1S/C23H26N2O2S/c1-17(2)18-8-10-20(11-9-18)28(26,27)25-14-12-19(13-15-25)22-16-24(3)23-7-5-4-6-21(22)23/h4-12,16-17H,13-15H2,1-3H3. The first kappa shape index (κ1) is 19.0.